The predicted molar refractivity (Wildman–Crippen MR) is 148 cm³/mol. The van der Waals surface area contributed by atoms with Gasteiger partial charge in [0.1, 0.15) is 11.9 Å². The van der Waals surface area contributed by atoms with Crippen LogP contribution in [-0.2, 0) is 16.6 Å². The van der Waals surface area contributed by atoms with E-state index in [4.69, 9.17) is 4.74 Å². The molecule has 0 spiro atoms. The SMILES string of the molecule is Cc1cnn(C)c1-c1cnc(NC2C=CC=C[C@]2(C2CCCCCC2)N(CC=O)C(=O)OC(C)(C)C)nc1. The molecule has 2 aromatic heterocycles. The fourth-order valence-electron chi connectivity index (χ4n) is 5.82. The van der Waals surface area contributed by atoms with Gasteiger partial charge in [-0.2, -0.15) is 5.10 Å². The van der Waals surface area contributed by atoms with E-state index in [-0.39, 0.29) is 18.5 Å². The number of aldehydes is 1. The molecule has 4 rings (SSSR count). The van der Waals surface area contributed by atoms with E-state index in [1.165, 1.54) is 12.8 Å². The summed E-state index contributed by atoms with van der Waals surface area (Å²) < 4.78 is 7.64. The number of hydrogen-bond acceptors (Lipinski definition) is 7. The minimum atomic E-state index is -0.816. The molecule has 0 aliphatic heterocycles. The van der Waals surface area contributed by atoms with Crippen molar-refractivity contribution >= 4 is 18.3 Å². The molecule has 1 unspecified atom stereocenters. The molecule has 9 nitrogen and oxygen atoms in total. The van der Waals surface area contributed by atoms with Crippen LogP contribution in [-0.4, -0.2) is 60.8 Å². The van der Waals surface area contributed by atoms with Gasteiger partial charge in [-0.05, 0) is 52.0 Å². The van der Waals surface area contributed by atoms with Gasteiger partial charge >= 0.3 is 6.09 Å². The second-order valence-electron chi connectivity index (χ2n) is 11.3. The number of aryl methyl sites for hydroxylation is 2. The Morgan fingerprint density at radius 2 is 1.84 bits per heavy atom. The summed E-state index contributed by atoms with van der Waals surface area (Å²) in [5.41, 5.74) is 1.38. The van der Waals surface area contributed by atoms with Gasteiger partial charge in [-0.1, -0.05) is 50.0 Å². The van der Waals surface area contributed by atoms with E-state index >= 15 is 0 Å². The van der Waals surface area contributed by atoms with Crippen LogP contribution < -0.4 is 5.32 Å². The molecule has 9 heteroatoms. The van der Waals surface area contributed by atoms with E-state index in [9.17, 15) is 9.59 Å². The number of aromatic nitrogens is 4. The number of nitrogens with zero attached hydrogens (tertiary/aromatic N) is 5. The Hall–Kier alpha value is -3.49. The van der Waals surface area contributed by atoms with Crippen LogP contribution in [0.4, 0.5) is 10.7 Å². The third-order valence-corrected chi connectivity index (χ3v) is 7.46. The van der Waals surface area contributed by atoms with E-state index in [1.54, 1.807) is 17.3 Å². The Labute approximate surface area is 225 Å². The minimum Gasteiger partial charge on any atom is -0.444 e. The zero-order valence-corrected chi connectivity index (χ0v) is 23.2. The van der Waals surface area contributed by atoms with Crippen LogP contribution in [0, 0.1) is 12.8 Å². The third kappa shape index (κ3) is 5.81. The lowest BCUT2D eigenvalue weighted by Crippen LogP contribution is -2.65. The van der Waals surface area contributed by atoms with Crippen LogP contribution in [0.15, 0.2) is 42.9 Å². The predicted octanol–water partition coefficient (Wildman–Crippen LogP) is 5.24. The number of carbonyl (C=O) groups excluding carboxylic acids is 2. The van der Waals surface area contributed by atoms with Crippen LogP contribution in [0.25, 0.3) is 11.3 Å². The molecule has 2 aliphatic carbocycles. The van der Waals surface area contributed by atoms with Crippen molar-refractivity contribution < 1.29 is 14.3 Å². The zero-order chi connectivity index (χ0) is 27.3. The number of allylic oxidation sites excluding steroid dienone is 2. The van der Waals surface area contributed by atoms with Crippen molar-refractivity contribution in [3.8, 4) is 11.3 Å². The highest BCUT2D eigenvalue weighted by Crippen LogP contribution is 2.42. The molecule has 204 valence electrons. The number of amides is 1. The summed E-state index contributed by atoms with van der Waals surface area (Å²) in [6, 6.07) is -0.354. The van der Waals surface area contributed by atoms with Gasteiger partial charge in [0, 0.05) is 25.0 Å². The second-order valence-corrected chi connectivity index (χ2v) is 11.3. The zero-order valence-electron chi connectivity index (χ0n) is 23.2. The first kappa shape index (κ1) is 27.5. The van der Waals surface area contributed by atoms with Gasteiger partial charge in [0.2, 0.25) is 5.95 Å². The van der Waals surface area contributed by atoms with E-state index in [0.29, 0.717) is 5.95 Å². The van der Waals surface area contributed by atoms with Crippen LogP contribution >= 0.6 is 0 Å². The average molecular weight is 521 g/mol. The lowest BCUT2D eigenvalue weighted by atomic mass is 9.70. The van der Waals surface area contributed by atoms with Crippen LogP contribution in [0.1, 0.15) is 64.9 Å². The number of carbonyl (C=O) groups is 2. The minimum absolute atomic E-state index is 0.0681. The lowest BCUT2D eigenvalue weighted by molar-refractivity contribution is -0.110. The van der Waals surface area contributed by atoms with Crippen molar-refractivity contribution in [2.24, 2.45) is 13.0 Å². The van der Waals surface area contributed by atoms with E-state index in [2.05, 4.69) is 26.5 Å². The Kier molecular flexibility index (Phi) is 8.33. The molecule has 2 aromatic rings. The molecule has 2 heterocycles. The van der Waals surface area contributed by atoms with Crippen molar-refractivity contribution in [3.05, 3.63) is 48.5 Å². The van der Waals surface area contributed by atoms with E-state index in [1.807, 2.05) is 63.8 Å². The van der Waals surface area contributed by atoms with Crippen molar-refractivity contribution in [3.63, 3.8) is 0 Å². The highest BCUT2D eigenvalue weighted by atomic mass is 16.6. The van der Waals surface area contributed by atoms with Crippen molar-refractivity contribution in [2.45, 2.75) is 83.4 Å². The summed E-state index contributed by atoms with van der Waals surface area (Å²) >= 11 is 0. The summed E-state index contributed by atoms with van der Waals surface area (Å²) in [6.45, 7) is 7.46. The first-order chi connectivity index (χ1) is 18.2. The quantitative estimate of drug-likeness (QED) is 0.394. The molecule has 38 heavy (non-hydrogen) atoms. The smallest absolute Gasteiger partial charge is 0.411 e. The summed E-state index contributed by atoms with van der Waals surface area (Å²) in [4.78, 5) is 36.5. The summed E-state index contributed by atoms with van der Waals surface area (Å²) in [5, 5.41) is 7.82. The lowest BCUT2D eigenvalue weighted by Gasteiger charge is -2.51. The molecule has 0 saturated heterocycles. The maximum absolute atomic E-state index is 13.6. The maximum Gasteiger partial charge on any atom is 0.411 e. The molecular weight excluding hydrogens is 480 g/mol. The van der Waals surface area contributed by atoms with Gasteiger partial charge in [0.25, 0.3) is 0 Å². The monoisotopic (exact) mass is 520 g/mol. The summed E-state index contributed by atoms with van der Waals surface area (Å²) in [6.07, 6.45) is 20.1. The third-order valence-electron chi connectivity index (χ3n) is 7.46. The molecule has 1 saturated carbocycles. The van der Waals surface area contributed by atoms with Crippen molar-refractivity contribution in [1.82, 2.24) is 24.6 Å². The maximum atomic E-state index is 13.6. The Morgan fingerprint density at radius 1 is 1.16 bits per heavy atom. The van der Waals surface area contributed by atoms with Gasteiger partial charge in [-0.3, -0.25) is 9.58 Å². The van der Waals surface area contributed by atoms with Gasteiger partial charge in [0.15, 0.2) is 0 Å². The second kappa shape index (κ2) is 11.5. The first-order valence-corrected chi connectivity index (χ1v) is 13.5. The van der Waals surface area contributed by atoms with Crippen LogP contribution in [0.2, 0.25) is 0 Å². The van der Waals surface area contributed by atoms with E-state index < -0.39 is 17.2 Å². The van der Waals surface area contributed by atoms with Crippen LogP contribution in [0.3, 0.4) is 0 Å². The molecule has 1 amide bonds. The van der Waals surface area contributed by atoms with Crippen LogP contribution in [0.5, 0.6) is 0 Å². The highest BCUT2D eigenvalue weighted by molar-refractivity contribution is 5.74. The molecule has 2 atom stereocenters. The summed E-state index contributed by atoms with van der Waals surface area (Å²) in [7, 11) is 1.90. The molecule has 1 N–H and O–H groups in total. The Balaban J connectivity index is 1.72. The number of nitrogens with one attached hydrogen (secondary N) is 1. The molecule has 2 aliphatic rings. The summed E-state index contributed by atoms with van der Waals surface area (Å²) in [5.74, 6) is 0.583. The molecular formula is C29H40N6O3. The largest absolute Gasteiger partial charge is 0.444 e. The fourth-order valence-corrected chi connectivity index (χ4v) is 5.82. The normalized spacial score (nSPS) is 22.1. The Bertz CT molecular complexity index is 1150. The number of rotatable bonds is 7. The number of ether oxygens (including phenoxy) is 1. The first-order valence-electron chi connectivity index (χ1n) is 13.5. The van der Waals surface area contributed by atoms with Gasteiger partial charge in [0.05, 0.1) is 30.0 Å². The van der Waals surface area contributed by atoms with E-state index in [0.717, 1.165) is 48.8 Å². The van der Waals surface area contributed by atoms with Crippen molar-refractivity contribution in [1.29, 1.82) is 0 Å². The molecule has 0 radical (unpaired) electrons. The highest BCUT2D eigenvalue weighted by Gasteiger charge is 2.51. The van der Waals surface area contributed by atoms with Crippen molar-refractivity contribution in [2.75, 3.05) is 11.9 Å². The number of anilines is 1. The molecule has 1 fully saturated rings. The van der Waals surface area contributed by atoms with Gasteiger partial charge < -0.3 is 14.8 Å². The average Bonchev–Trinajstić information content (AvgIpc) is 3.05. The molecule has 0 bridgehead atoms. The number of hydrogen-bond donors (Lipinski definition) is 1. The molecule has 0 aromatic carbocycles. The van der Waals surface area contributed by atoms with Gasteiger partial charge in [-0.15, -0.1) is 0 Å². The standard InChI is InChI=1S/C29H40N6O3/c1-21-18-32-34(5)25(21)22-19-30-26(31-20-22)33-24-14-10-11-15-29(24,23-12-8-6-7-9-13-23)35(16-17-36)27(37)38-28(2,3)4/h10-11,14-15,17-20,23-24H,6-9,12-13,16H2,1-5H3,(H,30,31,33)/t24?,29-/m1/s1. The topological polar surface area (TPSA) is 102 Å². The Morgan fingerprint density at radius 3 is 2.42 bits per heavy atom. The fraction of sp³-hybridized carbons (Fsp3) is 0.552. The van der Waals surface area contributed by atoms with Gasteiger partial charge in [-0.25, -0.2) is 14.8 Å².